The summed E-state index contributed by atoms with van der Waals surface area (Å²) in [5, 5.41) is 20.3. The van der Waals surface area contributed by atoms with Gasteiger partial charge in [-0.3, -0.25) is 0 Å². The third-order valence-electron chi connectivity index (χ3n) is 2.17. The van der Waals surface area contributed by atoms with E-state index in [2.05, 4.69) is 5.32 Å². The molecule has 1 amide bonds. The van der Waals surface area contributed by atoms with Crippen LogP contribution < -0.4 is 5.32 Å². The van der Waals surface area contributed by atoms with Crippen LogP contribution in [0.5, 0.6) is 0 Å². The second-order valence-corrected chi connectivity index (χ2v) is 3.21. The number of carbonyl (C=O) groups is 1. The lowest BCUT2D eigenvalue weighted by Crippen LogP contribution is -2.33. The van der Waals surface area contributed by atoms with Crippen LogP contribution in [-0.2, 0) is 0 Å². The Bertz CT molecular complexity index is 150. The van der Waals surface area contributed by atoms with E-state index in [1.807, 2.05) is 13.8 Å². The Hall–Kier alpha value is -0.770. The van der Waals surface area contributed by atoms with Gasteiger partial charge in [0.2, 0.25) is 0 Å². The summed E-state index contributed by atoms with van der Waals surface area (Å²) >= 11 is 0. The van der Waals surface area contributed by atoms with Gasteiger partial charge >= 0.3 is 6.09 Å². The van der Waals surface area contributed by atoms with E-state index >= 15 is 0 Å². The minimum absolute atomic E-state index is 0.0380. The molecule has 2 unspecified atom stereocenters. The van der Waals surface area contributed by atoms with Crippen molar-refractivity contribution in [3.05, 3.63) is 0 Å². The quantitative estimate of drug-likeness (QED) is 0.592. The lowest BCUT2D eigenvalue weighted by atomic mass is 9.96. The van der Waals surface area contributed by atoms with Crippen LogP contribution >= 0.6 is 0 Å². The first-order valence-corrected chi connectivity index (χ1v) is 4.76. The molecule has 4 heteroatoms. The summed E-state index contributed by atoms with van der Waals surface area (Å²) in [4.78, 5) is 10.2. The predicted molar refractivity (Wildman–Crippen MR) is 50.7 cm³/mol. The maximum absolute atomic E-state index is 10.2. The van der Waals surface area contributed by atoms with Crippen molar-refractivity contribution >= 4 is 6.09 Å². The van der Waals surface area contributed by atoms with Crippen molar-refractivity contribution in [2.45, 2.75) is 39.2 Å². The molecule has 0 aliphatic heterocycles. The molecule has 0 rings (SSSR count). The Balaban J connectivity index is 3.79. The number of aliphatic hydroxyl groups is 1. The van der Waals surface area contributed by atoms with E-state index < -0.39 is 6.09 Å². The maximum Gasteiger partial charge on any atom is 0.404 e. The molecule has 78 valence electrons. The van der Waals surface area contributed by atoms with Gasteiger partial charge in [0.1, 0.15) is 0 Å². The van der Waals surface area contributed by atoms with Crippen LogP contribution in [0.1, 0.15) is 33.1 Å². The van der Waals surface area contributed by atoms with E-state index in [1.54, 1.807) is 0 Å². The molecule has 0 fully saturated rings. The zero-order chi connectivity index (χ0) is 10.3. The molecule has 0 aromatic rings. The van der Waals surface area contributed by atoms with Crippen molar-refractivity contribution in [1.29, 1.82) is 0 Å². The number of rotatable bonds is 6. The van der Waals surface area contributed by atoms with Crippen LogP contribution in [-0.4, -0.2) is 29.0 Å². The Kier molecular flexibility index (Phi) is 6.32. The number of nitrogens with one attached hydrogen (secondary N) is 1. The number of hydrogen-bond acceptors (Lipinski definition) is 2. The first kappa shape index (κ1) is 12.2. The van der Waals surface area contributed by atoms with Gasteiger partial charge in [0.05, 0.1) is 6.10 Å². The number of aliphatic hydroxyl groups excluding tert-OH is 1. The van der Waals surface area contributed by atoms with E-state index in [1.165, 1.54) is 0 Å². The molecule has 0 aromatic carbocycles. The third-order valence-corrected chi connectivity index (χ3v) is 2.17. The van der Waals surface area contributed by atoms with E-state index in [4.69, 9.17) is 5.11 Å². The second-order valence-electron chi connectivity index (χ2n) is 3.21. The zero-order valence-corrected chi connectivity index (χ0v) is 8.29. The molecular formula is C9H19NO3. The van der Waals surface area contributed by atoms with Gasteiger partial charge in [-0.05, 0) is 12.8 Å². The van der Waals surface area contributed by atoms with Crippen LogP contribution in [0.2, 0.25) is 0 Å². The number of amides is 1. The fourth-order valence-corrected chi connectivity index (χ4v) is 1.30. The highest BCUT2D eigenvalue weighted by Gasteiger charge is 2.16. The molecule has 3 N–H and O–H groups in total. The van der Waals surface area contributed by atoms with E-state index in [0.29, 0.717) is 6.54 Å². The molecule has 4 nitrogen and oxygen atoms in total. The highest BCUT2D eigenvalue weighted by molar-refractivity contribution is 5.64. The fourth-order valence-electron chi connectivity index (χ4n) is 1.30. The van der Waals surface area contributed by atoms with Gasteiger partial charge in [0, 0.05) is 12.5 Å². The van der Waals surface area contributed by atoms with Crippen LogP contribution in [0, 0.1) is 5.92 Å². The van der Waals surface area contributed by atoms with Crippen molar-refractivity contribution in [3.8, 4) is 0 Å². The summed E-state index contributed by atoms with van der Waals surface area (Å²) < 4.78 is 0. The van der Waals surface area contributed by atoms with E-state index in [-0.39, 0.29) is 12.0 Å². The molecule has 0 aliphatic carbocycles. The molecule has 0 heterocycles. The zero-order valence-electron chi connectivity index (χ0n) is 8.29. The first-order valence-electron chi connectivity index (χ1n) is 4.76. The van der Waals surface area contributed by atoms with Crippen molar-refractivity contribution in [3.63, 3.8) is 0 Å². The Morgan fingerprint density at radius 2 is 2.08 bits per heavy atom. The molecule has 0 saturated carbocycles. The van der Waals surface area contributed by atoms with Crippen LogP contribution in [0.15, 0.2) is 0 Å². The van der Waals surface area contributed by atoms with Crippen LogP contribution in [0.4, 0.5) is 4.79 Å². The molecule has 0 spiro atoms. The summed E-state index contributed by atoms with van der Waals surface area (Å²) in [6, 6.07) is 0. The van der Waals surface area contributed by atoms with E-state index in [0.717, 1.165) is 19.3 Å². The normalized spacial score (nSPS) is 15.0. The Morgan fingerprint density at radius 1 is 1.46 bits per heavy atom. The van der Waals surface area contributed by atoms with Crippen molar-refractivity contribution in [1.82, 2.24) is 5.32 Å². The highest BCUT2D eigenvalue weighted by Crippen LogP contribution is 2.12. The summed E-state index contributed by atoms with van der Waals surface area (Å²) in [5.41, 5.74) is 0. The molecule has 2 atom stereocenters. The van der Waals surface area contributed by atoms with Crippen molar-refractivity contribution in [2.24, 2.45) is 5.92 Å². The smallest absolute Gasteiger partial charge is 0.404 e. The second kappa shape index (κ2) is 6.71. The van der Waals surface area contributed by atoms with Gasteiger partial charge < -0.3 is 15.5 Å². The maximum atomic E-state index is 10.2. The minimum Gasteiger partial charge on any atom is -0.465 e. The number of carboxylic acid groups (broad SMARTS) is 1. The lowest BCUT2D eigenvalue weighted by Gasteiger charge is -2.20. The first-order chi connectivity index (χ1) is 6.11. The fraction of sp³-hybridized carbons (Fsp3) is 0.889. The lowest BCUT2D eigenvalue weighted by molar-refractivity contribution is 0.0943. The van der Waals surface area contributed by atoms with Gasteiger partial charge in [-0.25, -0.2) is 4.79 Å². The van der Waals surface area contributed by atoms with E-state index in [9.17, 15) is 9.90 Å². The van der Waals surface area contributed by atoms with Crippen LogP contribution in [0.3, 0.4) is 0 Å². The Morgan fingerprint density at radius 3 is 2.46 bits per heavy atom. The molecule has 0 aliphatic rings. The number of hydrogen-bond donors (Lipinski definition) is 3. The molecule has 0 radical (unpaired) electrons. The molecule has 13 heavy (non-hydrogen) atoms. The predicted octanol–water partition coefficient (Wildman–Crippen LogP) is 1.44. The summed E-state index contributed by atoms with van der Waals surface area (Å²) in [5.74, 6) is 0.0380. The van der Waals surface area contributed by atoms with Gasteiger partial charge in [0.15, 0.2) is 0 Å². The molecular weight excluding hydrogens is 170 g/mol. The van der Waals surface area contributed by atoms with Gasteiger partial charge in [-0.1, -0.05) is 20.3 Å². The van der Waals surface area contributed by atoms with Gasteiger partial charge in [0.25, 0.3) is 0 Å². The van der Waals surface area contributed by atoms with Crippen molar-refractivity contribution in [2.75, 3.05) is 6.54 Å². The standard InChI is InChI=1S/C9H19NO3/c1-3-5-8(11)7(4-2)6-10-9(12)13/h7-8,10-11H,3-6H2,1-2H3,(H,12,13). The largest absolute Gasteiger partial charge is 0.465 e. The molecule has 0 saturated heterocycles. The monoisotopic (exact) mass is 189 g/mol. The summed E-state index contributed by atoms with van der Waals surface area (Å²) in [7, 11) is 0. The summed E-state index contributed by atoms with van der Waals surface area (Å²) in [6.07, 6.45) is 1.04. The van der Waals surface area contributed by atoms with Crippen molar-refractivity contribution < 1.29 is 15.0 Å². The molecule has 0 aromatic heterocycles. The van der Waals surface area contributed by atoms with Gasteiger partial charge in [-0.15, -0.1) is 0 Å². The average Bonchev–Trinajstić information content (AvgIpc) is 2.05. The Labute approximate surface area is 79.0 Å². The SMILES string of the molecule is CCCC(O)C(CC)CNC(=O)O. The third kappa shape index (κ3) is 5.47. The summed E-state index contributed by atoms with van der Waals surface area (Å²) in [6.45, 7) is 4.29. The topological polar surface area (TPSA) is 69.6 Å². The van der Waals surface area contributed by atoms with Crippen LogP contribution in [0.25, 0.3) is 0 Å². The minimum atomic E-state index is -1.03. The average molecular weight is 189 g/mol. The molecule has 0 bridgehead atoms. The highest BCUT2D eigenvalue weighted by atomic mass is 16.4. The van der Waals surface area contributed by atoms with Gasteiger partial charge in [-0.2, -0.15) is 0 Å².